The molecule has 8 heteroatoms. The standard InChI is InChI=1S/C20H17BrN4O3/c1-13-2-9-19(27)25(11-13)12-18(26)23-16-6-3-14(4-7-16)20(28)24-17-8-5-15(21)10-22-17/h2-11H,12H2,1H3,(H,23,26)(H,22,24,28). The van der Waals surface area contributed by atoms with Crippen molar-refractivity contribution in [2.45, 2.75) is 13.5 Å². The molecule has 0 atom stereocenters. The van der Waals surface area contributed by atoms with Gasteiger partial charge in [-0.2, -0.15) is 0 Å². The zero-order chi connectivity index (χ0) is 20.1. The summed E-state index contributed by atoms with van der Waals surface area (Å²) < 4.78 is 2.16. The van der Waals surface area contributed by atoms with Crippen LogP contribution in [0.3, 0.4) is 0 Å². The van der Waals surface area contributed by atoms with Crippen molar-refractivity contribution in [1.29, 1.82) is 0 Å². The Kier molecular flexibility index (Phi) is 6.00. The van der Waals surface area contributed by atoms with Crippen molar-refractivity contribution >= 4 is 39.2 Å². The normalized spacial score (nSPS) is 10.4. The minimum atomic E-state index is -0.330. The van der Waals surface area contributed by atoms with Crippen molar-refractivity contribution in [2.75, 3.05) is 10.6 Å². The highest BCUT2D eigenvalue weighted by Crippen LogP contribution is 2.14. The number of amides is 2. The Morgan fingerprint density at radius 2 is 1.79 bits per heavy atom. The van der Waals surface area contributed by atoms with Crippen LogP contribution in [0.1, 0.15) is 15.9 Å². The molecule has 0 aliphatic carbocycles. The van der Waals surface area contributed by atoms with Gasteiger partial charge in [-0.3, -0.25) is 14.4 Å². The van der Waals surface area contributed by atoms with Gasteiger partial charge in [0.15, 0.2) is 0 Å². The highest BCUT2D eigenvalue weighted by atomic mass is 79.9. The van der Waals surface area contributed by atoms with E-state index in [-0.39, 0.29) is 23.9 Å². The number of carbonyl (C=O) groups excluding carboxylic acids is 2. The van der Waals surface area contributed by atoms with Crippen LogP contribution in [0.15, 0.2) is 70.2 Å². The van der Waals surface area contributed by atoms with Gasteiger partial charge in [-0.15, -0.1) is 0 Å². The van der Waals surface area contributed by atoms with Crippen LogP contribution in [-0.4, -0.2) is 21.4 Å². The molecule has 0 aliphatic rings. The molecule has 2 N–H and O–H groups in total. The summed E-state index contributed by atoms with van der Waals surface area (Å²) in [7, 11) is 0. The van der Waals surface area contributed by atoms with Crippen LogP contribution in [0, 0.1) is 6.92 Å². The molecule has 0 unspecified atom stereocenters. The maximum atomic E-state index is 12.3. The van der Waals surface area contributed by atoms with Gasteiger partial charge in [-0.05, 0) is 64.8 Å². The second-order valence-corrected chi connectivity index (χ2v) is 7.03. The Morgan fingerprint density at radius 3 is 2.46 bits per heavy atom. The highest BCUT2D eigenvalue weighted by molar-refractivity contribution is 9.10. The van der Waals surface area contributed by atoms with Crippen LogP contribution in [0.4, 0.5) is 11.5 Å². The van der Waals surface area contributed by atoms with Gasteiger partial charge >= 0.3 is 0 Å². The van der Waals surface area contributed by atoms with Crippen molar-refractivity contribution < 1.29 is 9.59 Å². The molecular formula is C20H17BrN4O3. The number of hydrogen-bond acceptors (Lipinski definition) is 4. The Morgan fingerprint density at radius 1 is 1.04 bits per heavy atom. The van der Waals surface area contributed by atoms with E-state index >= 15 is 0 Å². The minimum absolute atomic E-state index is 0.0853. The molecule has 2 amide bonds. The average Bonchev–Trinajstić information content (AvgIpc) is 2.67. The lowest BCUT2D eigenvalue weighted by Crippen LogP contribution is -2.26. The molecule has 0 bridgehead atoms. The number of pyridine rings is 2. The topological polar surface area (TPSA) is 93.1 Å². The first-order chi connectivity index (χ1) is 13.4. The smallest absolute Gasteiger partial charge is 0.256 e. The van der Waals surface area contributed by atoms with Crippen LogP contribution >= 0.6 is 15.9 Å². The molecule has 28 heavy (non-hydrogen) atoms. The summed E-state index contributed by atoms with van der Waals surface area (Å²) in [4.78, 5) is 40.3. The van der Waals surface area contributed by atoms with Crippen molar-refractivity contribution in [2.24, 2.45) is 0 Å². The second-order valence-electron chi connectivity index (χ2n) is 6.11. The Balaban J connectivity index is 1.61. The lowest BCUT2D eigenvalue weighted by atomic mass is 10.2. The number of rotatable bonds is 5. The quantitative estimate of drug-likeness (QED) is 0.636. The van der Waals surface area contributed by atoms with E-state index in [1.54, 1.807) is 54.9 Å². The number of aryl methyl sites for hydroxylation is 1. The molecule has 0 aliphatic heterocycles. The minimum Gasteiger partial charge on any atom is -0.325 e. The maximum Gasteiger partial charge on any atom is 0.256 e. The first-order valence-electron chi connectivity index (χ1n) is 8.40. The summed E-state index contributed by atoms with van der Waals surface area (Å²) in [6.45, 7) is 1.76. The van der Waals surface area contributed by atoms with Gasteiger partial charge in [0.25, 0.3) is 11.5 Å². The van der Waals surface area contributed by atoms with Gasteiger partial charge < -0.3 is 15.2 Å². The van der Waals surface area contributed by atoms with E-state index in [1.165, 1.54) is 10.6 Å². The number of aromatic nitrogens is 2. The summed E-state index contributed by atoms with van der Waals surface area (Å²) in [5.41, 5.74) is 1.61. The van der Waals surface area contributed by atoms with E-state index < -0.39 is 0 Å². The number of anilines is 2. The number of nitrogens with zero attached hydrogens (tertiary/aromatic N) is 2. The molecule has 0 saturated carbocycles. The molecule has 0 spiro atoms. The molecule has 3 aromatic rings. The van der Waals surface area contributed by atoms with Gasteiger partial charge in [-0.25, -0.2) is 4.98 Å². The molecule has 0 saturated heterocycles. The van der Waals surface area contributed by atoms with Crippen molar-refractivity contribution in [1.82, 2.24) is 9.55 Å². The number of halogens is 1. The number of benzene rings is 1. The van der Waals surface area contributed by atoms with E-state index in [1.807, 2.05) is 6.92 Å². The van der Waals surface area contributed by atoms with Crippen molar-refractivity contribution in [3.05, 3.63) is 86.9 Å². The highest BCUT2D eigenvalue weighted by Gasteiger charge is 2.09. The fourth-order valence-electron chi connectivity index (χ4n) is 2.47. The Hall–Kier alpha value is -3.26. The van der Waals surface area contributed by atoms with Crippen LogP contribution in [0.2, 0.25) is 0 Å². The van der Waals surface area contributed by atoms with Crippen LogP contribution in [0.25, 0.3) is 0 Å². The summed E-state index contributed by atoms with van der Waals surface area (Å²) >= 11 is 3.28. The molecule has 2 heterocycles. The van der Waals surface area contributed by atoms with Crippen molar-refractivity contribution in [3.63, 3.8) is 0 Å². The summed E-state index contributed by atoms with van der Waals surface area (Å²) in [6.07, 6.45) is 3.22. The third-order valence-electron chi connectivity index (χ3n) is 3.85. The van der Waals surface area contributed by atoms with E-state index in [2.05, 4.69) is 31.5 Å². The summed E-state index contributed by atoms with van der Waals surface area (Å²) in [5.74, 6) is -0.197. The van der Waals surface area contributed by atoms with Crippen molar-refractivity contribution in [3.8, 4) is 0 Å². The molecular weight excluding hydrogens is 424 g/mol. The van der Waals surface area contributed by atoms with E-state index in [0.29, 0.717) is 17.1 Å². The maximum absolute atomic E-state index is 12.3. The number of hydrogen-bond donors (Lipinski definition) is 2. The third kappa shape index (κ3) is 5.14. The molecule has 1 aromatic carbocycles. The SMILES string of the molecule is Cc1ccc(=O)n(CC(=O)Nc2ccc(C(=O)Nc3ccc(Br)cn3)cc2)c1. The Bertz CT molecular complexity index is 1060. The van der Waals surface area contributed by atoms with E-state index in [4.69, 9.17) is 0 Å². The molecule has 142 valence electrons. The molecule has 7 nitrogen and oxygen atoms in total. The monoisotopic (exact) mass is 440 g/mol. The van der Waals surface area contributed by atoms with Gasteiger partial charge in [-0.1, -0.05) is 6.07 Å². The fraction of sp³-hybridized carbons (Fsp3) is 0.100. The predicted molar refractivity (Wildman–Crippen MR) is 110 cm³/mol. The van der Waals surface area contributed by atoms with E-state index in [0.717, 1.165) is 10.0 Å². The zero-order valence-electron chi connectivity index (χ0n) is 15.0. The third-order valence-corrected chi connectivity index (χ3v) is 4.31. The molecule has 0 fully saturated rings. The van der Waals surface area contributed by atoms with Gasteiger partial charge in [0.1, 0.15) is 12.4 Å². The van der Waals surface area contributed by atoms with Gasteiger partial charge in [0.2, 0.25) is 5.91 Å². The predicted octanol–water partition coefficient (Wildman–Crippen LogP) is 3.21. The van der Waals surface area contributed by atoms with E-state index in [9.17, 15) is 14.4 Å². The molecule has 3 rings (SSSR count). The van der Waals surface area contributed by atoms with Crippen LogP contribution < -0.4 is 16.2 Å². The van der Waals surface area contributed by atoms with Crippen LogP contribution in [0.5, 0.6) is 0 Å². The lowest BCUT2D eigenvalue weighted by molar-refractivity contribution is -0.116. The molecule has 0 radical (unpaired) electrons. The van der Waals surface area contributed by atoms with Crippen LogP contribution in [-0.2, 0) is 11.3 Å². The number of carbonyl (C=O) groups is 2. The summed E-state index contributed by atoms with van der Waals surface area (Å²) in [6, 6.07) is 13.0. The average molecular weight is 441 g/mol. The zero-order valence-corrected chi connectivity index (χ0v) is 16.6. The second kappa shape index (κ2) is 8.62. The first kappa shape index (κ1) is 19.5. The fourth-order valence-corrected chi connectivity index (χ4v) is 2.71. The Labute approximate surface area is 169 Å². The molecule has 2 aromatic heterocycles. The lowest BCUT2D eigenvalue weighted by Gasteiger charge is -2.09. The van der Waals surface area contributed by atoms with Gasteiger partial charge in [0.05, 0.1) is 0 Å². The first-order valence-corrected chi connectivity index (χ1v) is 9.20. The largest absolute Gasteiger partial charge is 0.325 e. The van der Waals surface area contributed by atoms with Gasteiger partial charge in [0, 0.05) is 34.2 Å². The summed E-state index contributed by atoms with van der Waals surface area (Å²) in [5, 5.41) is 5.40. The number of nitrogens with one attached hydrogen (secondary N) is 2.